The summed E-state index contributed by atoms with van der Waals surface area (Å²) in [6, 6.07) is -0.398. The Morgan fingerprint density at radius 1 is 1.19 bits per heavy atom. The van der Waals surface area contributed by atoms with Gasteiger partial charge >= 0.3 is 0 Å². The lowest BCUT2D eigenvalue weighted by molar-refractivity contribution is -0.125. The number of nitrogens with one attached hydrogen (secondary N) is 2. The maximum Gasteiger partial charge on any atom is 0.242 e. The molecular formula is C12H24N2O2. The third-order valence-electron chi connectivity index (χ3n) is 2.31. The van der Waals surface area contributed by atoms with Crippen molar-refractivity contribution in [2.24, 2.45) is 11.8 Å². The van der Waals surface area contributed by atoms with Crippen LogP contribution in [0.5, 0.6) is 0 Å². The Morgan fingerprint density at radius 2 is 1.81 bits per heavy atom. The summed E-state index contributed by atoms with van der Waals surface area (Å²) in [5.41, 5.74) is 0. The average molecular weight is 228 g/mol. The van der Waals surface area contributed by atoms with E-state index in [2.05, 4.69) is 24.5 Å². The van der Waals surface area contributed by atoms with Gasteiger partial charge in [0.2, 0.25) is 12.3 Å². The smallest absolute Gasteiger partial charge is 0.242 e. The minimum atomic E-state index is -0.398. The van der Waals surface area contributed by atoms with Crippen LogP contribution in [0.15, 0.2) is 0 Å². The van der Waals surface area contributed by atoms with Crippen molar-refractivity contribution in [3.8, 4) is 0 Å². The molecule has 0 heterocycles. The lowest BCUT2D eigenvalue weighted by Gasteiger charge is -2.18. The molecule has 16 heavy (non-hydrogen) atoms. The highest BCUT2D eigenvalue weighted by molar-refractivity contribution is 5.83. The maximum atomic E-state index is 11.7. The van der Waals surface area contributed by atoms with Gasteiger partial charge in [0.25, 0.3) is 0 Å². The molecule has 0 aliphatic rings. The van der Waals surface area contributed by atoms with Crippen LogP contribution in [0.3, 0.4) is 0 Å². The van der Waals surface area contributed by atoms with E-state index in [0.717, 1.165) is 6.42 Å². The predicted molar refractivity (Wildman–Crippen MR) is 64.9 cm³/mol. The summed E-state index contributed by atoms with van der Waals surface area (Å²) in [6.07, 6.45) is 2.22. The average Bonchev–Trinajstić information content (AvgIpc) is 2.15. The molecule has 0 spiro atoms. The Bertz CT molecular complexity index is 215. The Labute approximate surface area is 98.2 Å². The molecule has 0 aliphatic carbocycles. The molecule has 0 aliphatic heterocycles. The van der Waals surface area contributed by atoms with Crippen molar-refractivity contribution in [1.29, 1.82) is 0 Å². The zero-order chi connectivity index (χ0) is 12.6. The van der Waals surface area contributed by atoms with Crippen molar-refractivity contribution in [3.63, 3.8) is 0 Å². The minimum absolute atomic E-state index is 0.0820. The summed E-state index contributed by atoms with van der Waals surface area (Å²) < 4.78 is 0. The number of hydrogen-bond donors (Lipinski definition) is 2. The number of carbonyl (C=O) groups is 2. The fraction of sp³-hybridized carbons (Fsp3) is 0.833. The number of carbonyl (C=O) groups excluding carboxylic acids is 2. The van der Waals surface area contributed by atoms with Crippen LogP contribution in [0, 0.1) is 11.8 Å². The zero-order valence-electron chi connectivity index (χ0n) is 10.7. The van der Waals surface area contributed by atoms with Crippen LogP contribution < -0.4 is 10.6 Å². The van der Waals surface area contributed by atoms with Gasteiger partial charge in [0, 0.05) is 6.54 Å². The van der Waals surface area contributed by atoms with Gasteiger partial charge in [-0.25, -0.2) is 0 Å². The molecule has 0 radical (unpaired) electrons. The van der Waals surface area contributed by atoms with Gasteiger partial charge in [-0.15, -0.1) is 0 Å². The van der Waals surface area contributed by atoms with Crippen molar-refractivity contribution in [2.45, 2.75) is 46.6 Å². The lowest BCUT2D eigenvalue weighted by Crippen LogP contribution is -2.44. The molecule has 4 heteroatoms. The molecule has 0 rings (SSSR count). The molecule has 0 saturated heterocycles. The second kappa shape index (κ2) is 8.13. The van der Waals surface area contributed by atoms with Crippen molar-refractivity contribution in [2.75, 3.05) is 6.54 Å². The van der Waals surface area contributed by atoms with Crippen molar-refractivity contribution >= 4 is 12.3 Å². The van der Waals surface area contributed by atoms with Crippen molar-refractivity contribution in [3.05, 3.63) is 0 Å². The highest BCUT2D eigenvalue weighted by atomic mass is 16.2. The third kappa shape index (κ3) is 7.26. The van der Waals surface area contributed by atoms with Crippen LogP contribution in [0.25, 0.3) is 0 Å². The normalized spacial score (nSPS) is 12.6. The summed E-state index contributed by atoms with van der Waals surface area (Å²) in [5, 5.41) is 5.40. The molecule has 2 N–H and O–H groups in total. The molecule has 1 unspecified atom stereocenters. The Kier molecular flexibility index (Phi) is 7.60. The van der Waals surface area contributed by atoms with Gasteiger partial charge in [-0.1, -0.05) is 27.7 Å². The largest absolute Gasteiger partial charge is 0.354 e. The molecule has 0 aromatic carbocycles. The Morgan fingerprint density at radius 3 is 2.25 bits per heavy atom. The maximum absolute atomic E-state index is 11.7. The standard InChI is InChI=1S/C12H24N2O2/c1-9(2)5-6-13-12(16)11(14-8-15)7-10(3)4/h8-11H,5-7H2,1-4H3,(H,13,16)(H,14,15). The highest BCUT2D eigenvalue weighted by Crippen LogP contribution is 2.04. The van der Waals surface area contributed by atoms with Gasteiger partial charge in [0.1, 0.15) is 6.04 Å². The zero-order valence-corrected chi connectivity index (χ0v) is 10.7. The molecule has 0 aromatic heterocycles. The molecule has 94 valence electrons. The van der Waals surface area contributed by atoms with E-state index in [4.69, 9.17) is 0 Å². The first-order valence-electron chi connectivity index (χ1n) is 5.94. The van der Waals surface area contributed by atoms with E-state index in [1.165, 1.54) is 0 Å². The SMILES string of the molecule is CC(C)CCNC(=O)C(CC(C)C)NC=O. The molecular weight excluding hydrogens is 204 g/mol. The van der Waals surface area contributed by atoms with Crippen LogP contribution in [-0.2, 0) is 9.59 Å². The van der Waals surface area contributed by atoms with Crippen molar-refractivity contribution < 1.29 is 9.59 Å². The van der Waals surface area contributed by atoms with E-state index in [1.807, 2.05) is 13.8 Å². The van der Waals surface area contributed by atoms with E-state index in [9.17, 15) is 9.59 Å². The summed E-state index contributed by atoms with van der Waals surface area (Å²) in [5.74, 6) is 0.873. The van der Waals surface area contributed by atoms with Crippen LogP contribution in [-0.4, -0.2) is 24.9 Å². The molecule has 4 nitrogen and oxygen atoms in total. The van der Waals surface area contributed by atoms with E-state index < -0.39 is 6.04 Å². The van der Waals surface area contributed by atoms with Gasteiger partial charge in [0.05, 0.1) is 0 Å². The fourth-order valence-electron chi connectivity index (χ4n) is 1.41. The minimum Gasteiger partial charge on any atom is -0.354 e. The van der Waals surface area contributed by atoms with E-state index >= 15 is 0 Å². The first-order valence-corrected chi connectivity index (χ1v) is 5.94. The van der Waals surface area contributed by atoms with Gasteiger partial charge in [0.15, 0.2) is 0 Å². The topological polar surface area (TPSA) is 58.2 Å². The van der Waals surface area contributed by atoms with Crippen LogP contribution >= 0.6 is 0 Å². The molecule has 2 amide bonds. The first-order chi connectivity index (χ1) is 7.47. The second-order valence-corrected chi connectivity index (χ2v) is 4.94. The van der Waals surface area contributed by atoms with E-state index in [0.29, 0.717) is 31.2 Å². The predicted octanol–water partition coefficient (Wildman–Crippen LogP) is 1.31. The molecule has 0 bridgehead atoms. The molecule has 1 atom stereocenters. The first kappa shape index (κ1) is 14.9. The van der Waals surface area contributed by atoms with Crippen molar-refractivity contribution in [1.82, 2.24) is 10.6 Å². The molecule has 0 fully saturated rings. The number of hydrogen-bond acceptors (Lipinski definition) is 2. The van der Waals surface area contributed by atoms with Gasteiger partial charge in [-0.3, -0.25) is 9.59 Å². The van der Waals surface area contributed by atoms with Gasteiger partial charge < -0.3 is 10.6 Å². The van der Waals surface area contributed by atoms with Crippen LogP contribution in [0.1, 0.15) is 40.5 Å². The van der Waals surface area contributed by atoms with E-state index in [1.54, 1.807) is 0 Å². The van der Waals surface area contributed by atoms with Gasteiger partial charge in [-0.2, -0.15) is 0 Å². The lowest BCUT2D eigenvalue weighted by atomic mass is 10.0. The summed E-state index contributed by atoms with van der Waals surface area (Å²) in [6.45, 7) is 8.95. The second-order valence-electron chi connectivity index (χ2n) is 4.94. The van der Waals surface area contributed by atoms with E-state index in [-0.39, 0.29) is 5.91 Å². The Hall–Kier alpha value is -1.06. The molecule has 0 saturated carbocycles. The monoisotopic (exact) mass is 228 g/mol. The van der Waals surface area contributed by atoms with Crippen LogP contribution in [0.4, 0.5) is 0 Å². The summed E-state index contributed by atoms with van der Waals surface area (Å²) >= 11 is 0. The van der Waals surface area contributed by atoms with Gasteiger partial charge in [-0.05, 0) is 24.7 Å². The Balaban J connectivity index is 4.01. The third-order valence-corrected chi connectivity index (χ3v) is 2.31. The fourth-order valence-corrected chi connectivity index (χ4v) is 1.41. The summed E-state index contributed by atoms with van der Waals surface area (Å²) in [7, 11) is 0. The summed E-state index contributed by atoms with van der Waals surface area (Å²) in [4.78, 5) is 22.1. The number of rotatable bonds is 8. The number of amides is 2. The van der Waals surface area contributed by atoms with Crippen LogP contribution in [0.2, 0.25) is 0 Å². The molecule has 0 aromatic rings. The quantitative estimate of drug-likeness (QED) is 0.615. The highest BCUT2D eigenvalue weighted by Gasteiger charge is 2.18.